The van der Waals surface area contributed by atoms with Crippen LogP contribution in [0.2, 0.25) is 0 Å². The van der Waals surface area contributed by atoms with Gasteiger partial charge in [-0.2, -0.15) is 0 Å². The summed E-state index contributed by atoms with van der Waals surface area (Å²) in [5.41, 5.74) is 3.88. The zero-order valence-corrected chi connectivity index (χ0v) is 16.1. The molecule has 6 nitrogen and oxygen atoms in total. The summed E-state index contributed by atoms with van der Waals surface area (Å²) < 4.78 is 1.61. The van der Waals surface area contributed by atoms with Gasteiger partial charge in [-0.1, -0.05) is 60.7 Å². The van der Waals surface area contributed by atoms with Gasteiger partial charge in [0.2, 0.25) is 5.91 Å². The topological polar surface area (TPSA) is 72.7 Å². The van der Waals surface area contributed by atoms with Crippen molar-refractivity contribution in [2.45, 2.75) is 12.3 Å². The van der Waals surface area contributed by atoms with Gasteiger partial charge < -0.3 is 5.32 Å². The second-order valence-electron chi connectivity index (χ2n) is 6.83. The third-order valence-electron chi connectivity index (χ3n) is 4.84. The highest BCUT2D eigenvalue weighted by Gasteiger charge is 2.18. The normalized spacial score (nSPS) is 10.8. The average Bonchev–Trinajstić information content (AvgIpc) is 3.20. The monoisotopic (exact) mass is 383 g/mol. The number of rotatable bonds is 6. The summed E-state index contributed by atoms with van der Waals surface area (Å²) in [5, 5.41) is 14.5. The summed E-state index contributed by atoms with van der Waals surface area (Å²) in [6, 6.07) is 27.8. The lowest BCUT2D eigenvalue weighted by molar-refractivity contribution is -0.116. The minimum atomic E-state index is -0.0317. The fraction of sp³-hybridized carbons (Fsp3) is 0.130. The number of benzene rings is 3. The van der Waals surface area contributed by atoms with Crippen LogP contribution in [0.15, 0.2) is 84.9 Å². The molecule has 1 aromatic heterocycles. The van der Waals surface area contributed by atoms with Crippen molar-refractivity contribution in [2.75, 3.05) is 5.32 Å². The van der Waals surface area contributed by atoms with Crippen LogP contribution >= 0.6 is 0 Å². The van der Waals surface area contributed by atoms with E-state index in [-0.39, 0.29) is 11.8 Å². The number of nitrogens with one attached hydrogen (secondary N) is 1. The molecule has 4 aromatic rings. The Hall–Kier alpha value is -3.80. The van der Waals surface area contributed by atoms with Gasteiger partial charge in [-0.25, -0.2) is 4.68 Å². The van der Waals surface area contributed by atoms with Crippen molar-refractivity contribution in [3.8, 4) is 11.4 Å². The van der Waals surface area contributed by atoms with E-state index in [2.05, 4.69) is 45.1 Å². The maximum atomic E-state index is 12.8. The van der Waals surface area contributed by atoms with Crippen molar-refractivity contribution >= 4 is 11.6 Å². The molecule has 0 radical (unpaired) electrons. The Kier molecular flexibility index (Phi) is 5.42. The number of hydrogen-bond donors (Lipinski definition) is 1. The molecule has 0 saturated heterocycles. The van der Waals surface area contributed by atoms with Crippen LogP contribution in [-0.4, -0.2) is 26.1 Å². The van der Waals surface area contributed by atoms with Crippen molar-refractivity contribution in [3.63, 3.8) is 0 Å². The molecule has 0 fully saturated rings. The number of aromatic nitrogens is 4. The van der Waals surface area contributed by atoms with Crippen molar-refractivity contribution < 1.29 is 4.79 Å². The zero-order chi connectivity index (χ0) is 20.1. The molecule has 0 saturated carbocycles. The molecule has 0 aliphatic carbocycles. The van der Waals surface area contributed by atoms with E-state index in [0.29, 0.717) is 12.2 Å². The number of hydrogen-bond acceptors (Lipinski definition) is 4. The first-order valence-electron chi connectivity index (χ1n) is 9.43. The minimum absolute atomic E-state index is 0.00129. The summed E-state index contributed by atoms with van der Waals surface area (Å²) in [7, 11) is 1.79. The van der Waals surface area contributed by atoms with E-state index >= 15 is 0 Å². The Morgan fingerprint density at radius 2 is 1.48 bits per heavy atom. The van der Waals surface area contributed by atoms with Crippen LogP contribution in [-0.2, 0) is 11.8 Å². The van der Waals surface area contributed by atoms with Crippen LogP contribution in [0.5, 0.6) is 0 Å². The first-order valence-corrected chi connectivity index (χ1v) is 9.43. The molecule has 4 rings (SSSR count). The van der Waals surface area contributed by atoms with E-state index in [0.717, 1.165) is 22.4 Å². The molecule has 0 unspecified atom stereocenters. The Morgan fingerprint density at radius 1 is 0.897 bits per heavy atom. The number of carbonyl (C=O) groups is 1. The van der Waals surface area contributed by atoms with Crippen molar-refractivity contribution in [1.82, 2.24) is 20.2 Å². The number of aryl methyl sites for hydroxylation is 1. The molecule has 0 spiro atoms. The molecule has 1 heterocycles. The molecule has 0 aliphatic rings. The Morgan fingerprint density at radius 3 is 2.00 bits per heavy atom. The van der Waals surface area contributed by atoms with Crippen molar-refractivity contribution in [2.24, 2.45) is 7.05 Å². The summed E-state index contributed by atoms with van der Waals surface area (Å²) in [6.07, 6.45) is 0.364. The maximum absolute atomic E-state index is 12.8. The van der Waals surface area contributed by atoms with Gasteiger partial charge in [-0.05, 0) is 45.8 Å². The molecule has 0 atom stereocenters. The third-order valence-corrected chi connectivity index (χ3v) is 4.84. The number of carbonyl (C=O) groups excluding carboxylic acids is 1. The second-order valence-corrected chi connectivity index (χ2v) is 6.83. The molecular weight excluding hydrogens is 362 g/mol. The molecule has 6 heteroatoms. The highest BCUT2D eigenvalue weighted by molar-refractivity contribution is 5.91. The van der Waals surface area contributed by atoms with E-state index in [1.165, 1.54) is 0 Å². The van der Waals surface area contributed by atoms with Crippen LogP contribution in [0.4, 0.5) is 5.69 Å². The van der Waals surface area contributed by atoms with Crippen LogP contribution < -0.4 is 5.32 Å². The van der Waals surface area contributed by atoms with Gasteiger partial charge >= 0.3 is 0 Å². The SMILES string of the molecule is Cn1nnnc1-c1ccc(NC(=O)CC(c2ccccc2)c2ccccc2)cc1. The lowest BCUT2D eigenvalue weighted by Crippen LogP contribution is -2.16. The second kappa shape index (κ2) is 8.48. The first-order chi connectivity index (χ1) is 14.2. The van der Waals surface area contributed by atoms with E-state index in [1.54, 1.807) is 11.7 Å². The van der Waals surface area contributed by atoms with Gasteiger partial charge in [-0.3, -0.25) is 4.79 Å². The predicted octanol–water partition coefficient (Wildman–Crippen LogP) is 4.04. The number of tetrazole rings is 1. The summed E-state index contributed by atoms with van der Waals surface area (Å²) in [4.78, 5) is 12.8. The molecule has 1 N–H and O–H groups in total. The van der Waals surface area contributed by atoms with E-state index in [1.807, 2.05) is 60.7 Å². The highest BCUT2D eigenvalue weighted by Crippen LogP contribution is 2.28. The van der Waals surface area contributed by atoms with Gasteiger partial charge in [0.05, 0.1) is 0 Å². The Bertz CT molecular complexity index is 1040. The standard InChI is InChI=1S/C23H21N5O/c1-28-23(25-26-27-28)19-12-14-20(15-13-19)24-22(29)16-21(17-8-4-2-5-9-17)18-10-6-3-7-11-18/h2-15,21H,16H2,1H3,(H,24,29). The lowest BCUT2D eigenvalue weighted by Gasteiger charge is -2.18. The molecule has 3 aromatic carbocycles. The summed E-state index contributed by atoms with van der Waals surface area (Å²) in [6.45, 7) is 0. The molecule has 144 valence electrons. The zero-order valence-electron chi connectivity index (χ0n) is 16.1. The van der Waals surface area contributed by atoms with Crippen molar-refractivity contribution in [1.29, 1.82) is 0 Å². The van der Waals surface area contributed by atoms with Crippen LogP contribution in [0.3, 0.4) is 0 Å². The third kappa shape index (κ3) is 4.38. The van der Waals surface area contributed by atoms with E-state index < -0.39 is 0 Å². The number of nitrogens with zero attached hydrogens (tertiary/aromatic N) is 4. The first kappa shape index (κ1) is 18.6. The summed E-state index contributed by atoms with van der Waals surface area (Å²) >= 11 is 0. The van der Waals surface area contributed by atoms with Gasteiger partial charge in [0, 0.05) is 30.6 Å². The fourth-order valence-electron chi connectivity index (χ4n) is 3.37. The lowest BCUT2D eigenvalue weighted by atomic mass is 9.88. The largest absolute Gasteiger partial charge is 0.326 e. The summed E-state index contributed by atoms with van der Waals surface area (Å²) in [5.74, 6) is 0.647. The maximum Gasteiger partial charge on any atom is 0.225 e. The van der Waals surface area contributed by atoms with Crippen LogP contribution in [0, 0.1) is 0 Å². The van der Waals surface area contributed by atoms with Gasteiger partial charge in [0.25, 0.3) is 0 Å². The molecule has 0 aliphatic heterocycles. The van der Waals surface area contributed by atoms with Gasteiger partial charge in [0.1, 0.15) is 0 Å². The average molecular weight is 383 g/mol. The quantitative estimate of drug-likeness (QED) is 0.545. The van der Waals surface area contributed by atoms with Crippen LogP contribution in [0.25, 0.3) is 11.4 Å². The fourth-order valence-corrected chi connectivity index (χ4v) is 3.37. The minimum Gasteiger partial charge on any atom is -0.326 e. The Labute approximate surface area is 169 Å². The van der Waals surface area contributed by atoms with Gasteiger partial charge in [-0.15, -0.1) is 5.10 Å². The van der Waals surface area contributed by atoms with E-state index in [9.17, 15) is 4.79 Å². The van der Waals surface area contributed by atoms with Crippen LogP contribution in [0.1, 0.15) is 23.5 Å². The predicted molar refractivity (Wildman–Crippen MR) is 112 cm³/mol. The Balaban J connectivity index is 1.49. The molecular formula is C23H21N5O. The smallest absolute Gasteiger partial charge is 0.225 e. The molecule has 0 bridgehead atoms. The number of anilines is 1. The van der Waals surface area contributed by atoms with Gasteiger partial charge in [0.15, 0.2) is 5.82 Å². The molecule has 1 amide bonds. The number of amides is 1. The van der Waals surface area contributed by atoms with E-state index in [4.69, 9.17) is 0 Å². The highest BCUT2D eigenvalue weighted by atomic mass is 16.1. The van der Waals surface area contributed by atoms with Crippen molar-refractivity contribution in [3.05, 3.63) is 96.1 Å². The molecule has 29 heavy (non-hydrogen) atoms.